The maximum absolute atomic E-state index is 12.0. The molecule has 0 aromatic heterocycles. The second-order valence-electron chi connectivity index (χ2n) is 9.58. The van der Waals surface area contributed by atoms with Gasteiger partial charge >= 0.3 is 5.97 Å². The molecule has 248 valence electrons. The van der Waals surface area contributed by atoms with Gasteiger partial charge < -0.3 is 21.1 Å². The number of carboxylic acid groups (broad SMARTS) is 1. The van der Waals surface area contributed by atoms with Gasteiger partial charge in [-0.15, -0.1) is 19.7 Å². The molecule has 0 unspecified atom stereocenters. The Morgan fingerprint density at radius 3 is 2.10 bits per heavy atom. The van der Waals surface area contributed by atoms with Gasteiger partial charge in [0, 0.05) is 16.2 Å². The highest BCUT2D eigenvalue weighted by atomic mass is 32.2. The Kier molecular flexibility index (Phi) is 9.30. The molecule has 18 nitrogen and oxygen atoms in total. The lowest BCUT2D eigenvalue weighted by molar-refractivity contribution is -0.432. The molecule has 0 amide bonds. The van der Waals surface area contributed by atoms with E-state index < -0.39 is 58.7 Å². The quantitative estimate of drug-likeness (QED) is 0.0204. The van der Waals surface area contributed by atoms with E-state index >= 15 is 0 Å². The number of nitrogens with two attached hydrogens (primary N) is 1. The van der Waals surface area contributed by atoms with Crippen molar-refractivity contribution in [2.45, 2.75) is 14.7 Å². The van der Waals surface area contributed by atoms with Crippen molar-refractivity contribution >= 4 is 88.2 Å². The third kappa shape index (κ3) is 7.02. The van der Waals surface area contributed by atoms with Crippen molar-refractivity contribution in [2.75, 3.05) is 5.73 Å². The Bertz CT molecular complexity index is 2420. The maximum atomic E-state index is 12.0. The minimum atomic E-state index is -4.75. The summed E-state index contributed by atoms with van der Waals surface area (Å²) in [7, 11) is -9.45. The molecular weight excluding hydrogens is 699 g/mol. The fourth-order valence-electron chi connectivity index (χ4n) is 4.43. The maximum Gasteiger partial charge on any atom is 0.339 e. The third-order valence-electron chi connectivity index (χ3n) is 6.59. The molecule has 0 saturated heterocycles. The van der Waals surface area contributed by atoms with Gasteiger partial charge in [0.15, 0.2) is 5.75 Å². The van der Waals surface area contributed by atoms with Crippen LogP contribution in [0.3, 0.4) is 0 Å². The average Bonchev–Trinajstić information content (AvgIpc) is 3.02. The summed E-state index contributed by atoms with van der Waals surface area (Å²) < 4.78 is 71.0. The Morgan fingerprint density at radius 2 is 1.46 bits per heavy atom. The molecule has 21 heteroatoms. The molecular formula is C27H19N5O13S3. The van der Waals surface area contributed by atoms with Crippen LogP contribution >= 0.6 is 12.0 Å². The lowest BCUT2D eigenvalue weighted by atomic mass is 10.1. The number of carboxylic acids is 1. The van der Waals surface area contributed by atoms with E-state index in [1.54, 1.807) is 0 Å². The van der Waals surface area contributed by atoms with Crippen LogP contribution in [0.1, 0.15) is 10.4 Å². The number of benzene rings is 5. The van der Waals surface area contributed by atoms with Crippen LogP contribution in [0.2, 0.25) is 0 Å². The van der Waals surface area contributed by atoms with Gasteiger partial charge in [-0.1, -0.05) is 11.1 Å². The zero-order chi connectivity index (χ0) is 35.0. The number of aromatic hydroxyl groups is 2. The molecule has 0 spiro atoms. The van der Waals surface area contributed by atoms with E-state index in [0.29, 0.717) is 12.0 Å². The molecule has 5 aromatic carbocycles. The van der Waals surface area contributed by atoms with Crippen molar-refractivity contribution in [1.29, 1.82) is 0 Å². The smallest absolute Gasteiger partial charge is 0.339 e. The minimum absolute atomic E-state index is 0.0248. The highest BCUT2D eigenvalue weighted by Gasteiger charge is 2.21. The number of aromatic carboxylic acids is 1. The molecule has 0 atom stereocenters. The van der Waals surface area contributed by atoms with Crippen LogP contribution in [-0.4, -0.2) is 52.5 Å². The van der Waals surface area contributed by atoms with Gasteiger partial charge in [-0.25, -0.2) is 10.1 Å². The van der Waals surface area contributed by atoms with Gasteiger partial charge in [0.2, 0.25) is 0 Å². The molecule has 0 saturated carbocycles. The molecule has 48 heavy (non-hydrogen) atoms. The Labute approximate surface area is 273 Å². The Morgan fingerprint density at radius 1 is 0.771 bits per heavy atom. The van der Waals surface area contributed by atoms with Crippen LogP contribution in [0.5, 0.6) is 11.5 Å². The van der Waals surface area contributed by atoms with E-state index in [1.807, 2.05) is 0 Å². The fraction of sp³-hybridized carbons (Fsp3) is 0. The summed E-state index contributed by atoms with van der Waals surface area (Å²) in [4.78, 5) is 10.1. The van der Waals surface area contributed by atoms with Crippen LogP contribution in [0.25, 0.3) is 21.5 Å². The molecule has 0 bridgehead atoms. The number of azo groups is 2. The summed E-state index contributed by atoms with van der Waals surface area (Å²) in [5, 5.41) is 59.0. The van der Waals surface area contributed by atoms with Crippen LogP contribution in [0, 0.1) is 0 Å². The number of fused-ring (bicyclic) bond motifs is 2. The second-order valence-corrected chi connectivity index (χ2v) is 13.1. The molecule has 0 aliphatic carbocycles. The van der Waals surface area contributed by atoms with E-state index in [-0.39, 0.29) is 49.2 Å². The standard InChI is InChI=1S/C27H19N5O13S3/c28-19-11-16-12(8-24(19)48(41,42)43)7-23(46-45-44-37)25(26(16)34)32-31-21-5-4-20(15-3-2-14(10-17(15)21)47(38,39)40)30-29-13-1-6-22(33)18(9-13)27(35)36/h1-11,33-34,37H,28H2,(H,35,36)(H,38,39,40)(H,41,42,43). The normalized spacial score (nSPS) is 12.5. The molecule has 0 heterocycles. The first-order valence-corrected chi connectivity index (χ1v) is 16.4. The van der Waals surface area contributed by atoms with Gasteiger partial charge in [-0.05, 0) is 66.0 Å². The number of hydrogen-bond donors (Lipinski definition) is 7. The van der Waals surface area contributed by atoms with Crippen LogP contribution < -0.4 is 5.73 Å². The lowest BCUT2D eigenvalue weighted by Crippen LogP contribution is -2.03. The molecule has 0 aliphatic rings. The van der Waals surface area contributed by atoms with Crippen molar-refractivity contribution < 1.29 is 60.7 Å². The summed E-state index contributed by atoms with van der Waals surface area (Å²) in [5.74, 6) is -2.49. The molecule has 5 aromatic rings. The van der Waals surface area contributed by atoms with E-state index in [0.717, 1.165) is 36.4 Å². The highest BCUT2D eigenvalue weighted by molar-refractivity contribution is 7.94. The minimum Gasteiger partial charge on any atom is -0.507 e. The molecule has 8 N–H and O–H groups in total. The summed E-state index contributed by atoms with van der Waals surface area (Å²) in [5.41, 5.74) is 4.82. The zero-order valence-corrected chi connectivity index (χ0v) is 25.9. The number of nitrogens with zero attached hydrogens (tertiary/aromatic N) is 4. The van der Waals surface area contributed by atoms with E-state index in [9.17, 15) is 46.1 Å². The second kappa shape index (κ2) is 13.1. The van der Waals surface area contributed by atoms with Crippen molar-refractivity contribution in [3.8, 4) is 11.5 Å². The van der Waals surface area contributed by atoms with Gasteiger partial charge in [0.05, 0.1) is 44.6 Å². The topological polar surface area (TPSA) is 301 Å². The van der Waals surface area contributed by atoms with Crippen molar-refractivity contribution in [3.63, 3.8) is 0 Å². The van der Waals surface area contributed by atoms with Crippen molar-refractivity contribution in [2.24, 2.45) is 20.5 Å². The summed E-state index contributed by atoms with van der Waals surface area (Å²) in [6, 6.07) is 13.0. The molecule has 5 rings (SSSR count). The first-order chi connectivity index (χ1) is 22.6. The van der Waals surface area contributed by atoms with Gasteiger partial charge in [0.1, 0.15) is 21.9 Å². The molecule has 0 aliphatic heterocycles. The number of carbonyl (C=O) groups is 1. The number of phenols is 2. The predicted octanol–water partition coefficient (Wildman–Crippen LogP) is 6.44. The predicted molar refractivity (Wildman–Crippen MR) is 168 cm³/mol. The SMILES string of the molecule is Nc1cc2c(O)c(N=Nc3ccc(N=Nc4ccc(O)c(C(=O)O)c4)c4ccc(S(=O)(=O)O)cc34)c(SOOO)cc2cc1S(=O)(=O)O. The van der Waals surface area contributed by atoms with E-state index in [1.165, 1.54) is 30.3 Å². The van der Waals surface area contributed by atoms with Gasteiger partial charge in [0.25, 0.3) is 20.2 Å². The van der Waals surface area contributed by atoms with E-state index in [4.69, 9.17) is 11.0 Å². The van der Waals surface area contributed by atoms with Gasteiger partial charge in [-0.3, -0.25) is 9.11 Å². The van der Waals surface area contributed by atoms with Crippen LogP contribution in [-0.2, 0) is 29.6 Å². The summed E-state index contributed by atoms with van der Waals surface area (Å²) in [6.07, 6.45) is 0. The summed E-state index contributed by atoms with van der Waals surface area (Å²) in [6.45, 7) is 0. The fourth-order valence-corrected chi connectivity index (χ4v) is 6.06. The number of nitrogen functional groups attached to an aromatic ring is 1. The largest absolute Gasteiger partial charge is 0.507 e. The number of anilines is 1. The average molecular weight is 718 g/mol. The Balaban J connectivity index is 1.66. The monoisotopic (exact) mass is 717 g/mol. The van der Waals surface area contributed by atoms with E-state index in [2.05, 4.69) is 29.8 Å². The number of phenolic OH excluding ortho intramolecular Hbond substituents is 1. The first kappa shape index (κ1) is 34.1. The first-order valence-electron chi connectivity index (χ1n) is 12.7. The summed E-state index contributed by atoms with van der Waals surface area (Å²) >= 11 is 0.327. The van der Waals surface area contributed by atoms with Crippen LogP contribution in [0.4, 0.5) is 28.4 Å². The van der Waals surface area contributed by atoms with Gasteiger partial charge in [-0.2, -0.15) is 21.9 Å². The Hall–Kier alpha value is -5.26. The highest BCUT2D eigenvalue weighted by Crippen LogP contribution is 2.46. The lowest BCUT2D eigenvalue weighted by Gasteiger charge is -2.11. The molecule has 0 radical (unpaired) electrons. The zero-order valence-electron chi connectivity index (χ0n) is 23.5. The third-order valence-corrected chi connectivity index (χ3v) is 8.97. The molecule has 0 fully saturated rings. The number of rotatable bonds is 10. The van der Waals surface area contributed by atoms with Crippen molar-refractivity contribution in [1.82, 2.24) is 0 Å². The number of hydrogen-bond acceptors (Lipinski definition) is 16. The van der Waals surface area contributed by atoms with Crippen molar-refractivity contribution in [3.05, 3.63) is 72.3 Å². The van der Waals surface area contributed by atoms with Crippen LogP contribution in [0.15, 0.2) is 102 Å².